The molecule has 2 amide bonds. The van der Waals surface area contributed by atoms with Crippen LogP contribution in [0.5, 0.6) is 0 Å². The number of carbonyl (C=O) groups is 2. The van der Waals surface area contributed by atoms with E-state index in [1.165, 1.54) is 0 Å². The molecule has 0 aromatic carbocycles. The molecule has 1 saturated heterocycles. The van der Waals surface area contributed by atoms with Crippen LogP contribution in [0.25, 0.3) is 0 Å². The number of hydrogen-bond acceptors (Lipinski definition) is 3. The molecule has 1 rings (SSSR count). The average molecular weight is 288 g/mol. The first kappa shape index (κ1) is 16.1. The Balaban J connectivity index is 2.64. The van der Waals surface area contributed by atoms with E-state index in [2.05, 4.69) is 5.32 Å². The zero-order chi connectivity index (χ0) is 14.6. The molecule has 1 fully saturated rings. The van der Waals surface area contributed by atoms with Gasteiger partial charge >= 0.3 is 12.0 Å². The molecule has 0 spiro atoms. The van der Waals surface area contributed by atoms with Crippen molar-refractivity contribution in [3.8, 4) is 0 Å². The van der Waals surface area contributed by atoms with Crippen LogP contribution in [0.2, 0.25) is 0 Å². The maximum absolute atomic E-state index is 12.1. The Morgan fingerprint density at radius 3 is 2.47 bits per heavy atom. The number of rotatable bonds is 5. The predicted octanol–water partition coefficient (Wildman–Crippen LogP) is 1.88. The smallest absolute Gasteiger partial charge is 0.317 e. The van der Waals surface area contributed by atoms with Crippen LogP contribution in [0, 0.1) is 11.3 Å². The fraction of sp³-hybridized carbons (Fsp3) is 0.846. The molecule has 110 valence electrons. The lowest BCUT2D eigenvalue weighted by molar-refractivity contribution is -0.150. The summed E-state index contributed by atoms with van der Waals surface area (Å²) >= 11 is 1.68. The molecule has 1 aliphatic heterocycles. The fourth-order valence-corrected chi connectivity index (χ4v) is 3.08. The molecule has 6 heteroatoms. The largest absolute Gasteiger partial charge is 0.481 e. The molecule has 0 bridgehead atoms. The van der Waals surface area contributed by atoms with Gasteiger partial charge in [0, 0.05) is 24.9 Å². The molecular formula is C13H24N2O3S. The van der Waals surface area contributed by atoms with E-state index < -0.39 is 11.4 Å². The first-order valence-corrected chi connectivity index (χ1v) is 8.00. The van der Waals surface area contributed by atoms with E-state index in [1.807, 2.05) is 27.0 Å². The third-order valence-corrected chi connectivity index (χ3v) is 4.74. The first-order chi connectivity index (χ1) is 8.83. The molecule has 5 nitrogen and oxygen atoms in total. The maximum atomic E-state index is 12.1. The van der Waals surface area contributed by atoms with Crippen LogP contribution < -0.4 is 5.32 Å². The summed E-state index contributed by atoms with van der Waals surface area (Å²) in [6, 6.07) is -0.0493. The highest BCUT2D eigenvalue weighted by atomic mass is 32.2. The number of carboxylic acid groups (broad SMARTS) is 1. The van der Waals surface area contributed by atoms with Crippen LogP contribution in [-0.2, 0) is 4.79 Å². The first-order valence-electron chi connectivity index (χ1n) is 6.61. The molecule has 2 atom stereocenters. The number of carbonyl (C=O) groups excluding carboxylic acids is 1. The zero-order valence-electron chi connectivity index (χ0n) is 12.1. The van der Waals surface area contributed by atoms with Crippen LogP contribution >= 0.6 is 11.8 Å². The number of amides is 2. The van der Waals surface area contributed by atoms with Crippen molar-refractivity contribution in [3.05, 3.63) is 0 Å². The lowest BCUT2D eigenvalue weighted by Gasteiger charge is -2.29. The summed E-state index contributed by atoms with van der Waals surface area (Å²) < 4.78 is 0. The van der Waals surface area contributed by atoms with Gasteiger partial charge in [-0.3, -0.25) is 4.79 Å². The molecule has 19 heavy (non-hydrogen) atoms. The number of hydrogen-bond donors (Lipinski definition) is 2. The third-order valence-electron chi connectivity index (χ3n) is 3.91. The number of likely N-dealkylation sites (tertiary alicyclic amines) is 1. The third kappa shape index (κ3) is 3.55. The Morgan fingerprint density at radius 2 is 2.05 bits per heavy atom. The number of nitrogens with zero attached hydrogens (tertiary/aromatic N) is 1. The van der Waals surface area contributed by atoms with E-state index in [9.17, 15) is 14.7 Å². The molecule has 2 N–H and O–H groups in total. The zero-order valence-corrected chi connectivity index (χ0v) is 12.9. The van der Waals surface area contributed by atoms with E-state index in [-0.39, 0.29) is 18.0 Å². The van der Waals surface area contributed by atoms with Crippen LogP contribution in [0.15, 0.2) is 0 Å². The van der Waals surface area contributed by atoms with Gasteiger partial charge in [0.25, 0.3) is 0 Å². The van der Waals surface area contributed by atoms with Crippen LogP contribution in [-0.4, -0.2) is 53.1 Å². The van der Waals surface area contributed by atoms with Crippen molar-refractivity contribution in [3.63, 3.8) is 0 Å². The summed E-state index contributed by atoms with van der Waals surface area (Å²) in [5, 5.41) is 12.3. The number of urea groups is 1. The van der Waals surface area contributed by atoms with Gasteiger partial charge in [0.1, 0.15) is 0 Å². The monoisotopic (exact) mass is 288 g/mol. The van der Waals surface area contributed by atoms with Crippen molar-refractivity contribution >= 4 is 23.8 Å². The molecule has 1 heterocycles. The predicted molar refractivity (Wildman–Crippen MR) is 77.5 cm³/mol. The van der Waals surface area contributed by atoms with E-state index >= 15 is 0 Å². The molecule has 2 unspecified atom stereocenters. The van der Waals surface area contributed by atoms with Crippen molar-refractivity contribution in [2.24, 2.45) is 11.3 Å². The van der Waals surface area contributed by atoms with E-state index in [0.29, 0.717) is 19.5 Å². The molecule has 0 aromatic heterocycles. The molecule has 0 radical (unpaired) electrons. The summed E-state index contributed by atoms with van der Waals surface area (Å²) in [4.78, 5) is 25.2. The van der Waals surface area contributed by atoms with Crippen LogP contribution in [0.1, 0.15) is 27.2 Å². The van der Waals surface area contributed by atoms with Gasteiger partial charge < -0.3 is 15.3 Å². The summed E-state index contributed by atoms with van der Waals surface area (Å²) in [7, 11) is 0. The average Bonchev–Trinajstić information content (AvgIpc) is 2.75. The van der Waals surface area contributed by atoms with Crippen LogP contribution in [0.3, 0.4) is 0 Å². The van der Waals surface area contributed by atoms with Crippen molar-refractivity contribution in [1.82, 2.24) is 10.2 Å². The lowest BCUT2D eigenvalue weighted by Crippen LogP contribution is -2.46. The molecular weight excluding hydrogens is 264 g/mol. The summed E-state index contributed by atoms with van der Waals surface area (Å²) in [6.07, 6.45) is 2.52. The highest BCUT2D eigenvalue weighted by Crippen LogP contribution is 2.38. The van der Waals surface area contributed by atoms with Crippen LogP contribution in [0.4, 0.5) is 4.79 Å². The lowest BCUT2D eigenvalue weighted by atomic mass is 9.76. The summed E-state index contributed by atoms with van der Waals surface area (Å²) in [5.41, 5.74) is -0.792. The van der Waals surface area contributed by atoms with Crippen molar-refractivity contribution in [2.75, 3.05) is 25.1 Å². The molecule has 1 aliphatic rings. The normalized spacial score (nSPS) is 24.6. The topological polar surface area (TPSA) is 69.6 Å². The maximum Gasteiger partial charge on any atom is 0.317 e. The Morgan fingerprint density at radius 1 is 1.42 bits per heavy atom. The number of nitrogens with one attached hydrogen (secondary N) is 1. The molecule has 0 saturated carbocycles. The van der Waals surface area contributed by atoms with Gasteiger partial charge in [-0.25, -0.2) is 4.79 Å². The summed E-state index contributed by atoms with van der Waals surface area (Å²) in [6.45, 7) is 6.59. The van der Waals surface area contributed by atoms with Gasteiger partial charge in [-0.2, -0.15) is 11.8 Å². The number of aliphatic carboxylic acids is 1. The van der Waals surface area contributed by atoms with E-state index in [0.717, 1.165) is 5.75 Å². The standard InChI is InChI=1S/C13H24N2O3S/c1-9(2)13(11(16)17)5-6-15(8-13)12(18)14-10(3)7-19-4/h9-10H,5-8H2,1-4H3,(H,14,18)(H,16,17). The Hall–Kier alpha value is -0.910. The van der Waals surface area contributed by atoms with Crippen molar-refractivity contribution in [1.29, 1.82) is 0 Å². The highest BCUT2D eigenvalue weighted by molar-refractivity contribution is 7.98. The van der Waals surface area contributed by atoms with Crippen molar-refractivity contribution < 1.29 is 14.7 Å². The second kappa shape index (κ2) is 6.50. The second-order valence-corrected chi connectivity index (χ2v) is 6.50. The summed E-state index contributed by atoms with van der Waals surface area (Å²) in [5.74, 6) is 0.0785. The van der Waals surface area contributed by atoms with Gasteiger partial charge in [-0.15, -0.1) is 0 Å². The molecule has 0 aromatic rings. The van der Waals surface area contributed by atoms with Gasteiger partial charge in [0.05, 0.1) is 5.41 Å². The Kier molecular flexibility index (Phi) is 5.52. The van der Waals surface area contributed by atoms with E-state index in [1.54, 1.807) is 16.7 Å². The van der Waals surface area contributed by atoms with Gasteiger partial charge in [-0.05, 0) is 25.5 Å². The van der Waals surface area contributed by atoms with Crippen molar-refractivity contribution in [2.45, 2.75) is 33.2 Å². The molecule has 0 aliphatic carbocycles. The Bertz CT molecular complexity index is 349. The minimum absolute atomic E-state index is 0.0198. The minimum atomic E-state index is -0.796. The Labute approximate surface area is 119 Å². The SMILES string of the molecule is CSCC(C)NC(=O)N1CCC(C(=O)O)(C(C)C)C1. The fourth-order valence-electron chi connectivity index (χ4n) is 2.49. The van der Waals surface area contributed by atoms with Gasteiger partial charge in [-0.1, -0.05) is 13.8 Å². The van der Waals surface area contributed by atoms with E-state index in [4.69, 9.17) is 0 Å². The second-order valence-electron chi connectivity index (χ2n) is 5.59. The van der Waals surface area contributed by atoms with Gasteiger partial charge in [0.15, 0.2) is 0 Å². The quantitative estimate of drug-likeness (QED) is 0.810. The van der Waals surface area contributed by atoms with Gasteiger partial charge in [0.2, 0.25) is 0 Å². The number of thioether (sulfide) groups is 1. The highest BCUT2D eigenvalue weighted by Gasteiger charge is 2.48. The minimum Gasteiger partial charge on any atom is -0.481 e. The number of carboxylic acids is 1.